The molecule has 32 heavy (non-hydrogen) atoms. The molecule has 0 bridgehead atoms. The summed E-state index contributed by atoms with van der Waals surface area (Å²) in [5, 5.41) is 40.5. The van der Waals surface area contributed by atoms with Crippen molar-refractivity contribution in [1.29, 1.82) is 0 Å². The molecule has 1 heterocycles. The fraction of sp³-hybridized carbons (Fsp3) is 0.440. The second kappa shape index (κ2) is 10.3. The second-order valence-corrected chi connectivity index (χ2v) is 8.90. The van der Waals surface area contributed by atoms with E-state index in [9.17, 15) is 20.4 Å². The Morgan fingerprint density at radius 3 is 2.44 bits per heavy atom. The van der Waals surface area contributed by atoms with Crippen LogP contribution in [0.1, 0.15) is 35.6 Å². The molecule has 5 atom stereocenters. The monoisotopic (exact) mass is 460 g/mol. The smallest absolute Gasteiger partial charge is 0.119 e. The third-order valence-corrected chi connectivity index (χ3v) is 6.35. The molecule has 2 aliphatic rings. The Morgan fingerprint density at radius 1 is 1.00 bits per heavy atom. The van der Waals surface area contributed by atoms with Crippen LogP contribution in [0.4, 0.5) is 0 Å². The fourth-order valence-corrected chi connectivity index (χ4v) is 4.07. The topological polar surface area (TPSA) is 99.4 Å². The van der Waals surface area contributed by atoms with Crippen molar-refractivity contribution >= 4 is 11.6 Å². The highest BCUT2D eigenvalue weighted by Crippen LogP contribution is 2.34. The van der Waals surface area contributed by atoms with Crippen LogP contribution in [0, 0.1) is 5.92 Å². The first-order valence-electron chi connectivity index (χ1n) is 10.9. The summed E-state index contributed by atoms with van der Waals surface area (Å²) in [5.41, 5.74) is 2.49. The van der Waals surface area contributed by atoms with E-state index in [0.717, 1.165) is 22.8 Å². The highest BCUT2D eigenvalue weighted by atomic mass is 35.5. The van der Waals surface area contributed by atoms with E-state index in [1.807, 2.05) is 30.3 Å². The van der Waals surface area contributed by atoms with Gasteiger partial charge in [0.15, 0.2) is 0 Å². The molecule has 6 nitrogen and oxygen atoms in total. The Hall–Kier alpha value is -1.93. The average molecular weight is 461 g/mol. The Bertz CT molecular complexity index is 925. The number of ether oxygens (including phenoxy) is 2. The normalized spacial score (nSPS) is 28.2. The van der Waals surface area contributed by atoms with Crippen LogP contribution in [0.3, 0.4) is 0 Å². The number of hydrogen-bond donors (Lipinski definition) is 4. The van der Waals surface area contributed by atoms with Gasteiger partial charge in [-0.15, -0.1) is 0 Å². The molecule has 0 radical (unpaired) electrons. The highest BCUT2D eigenvalue weighted by Gasteiger charge is 2.44. The molecule has 2 fully saturated rings. The molecule has 4 N–H and O–H groups in total. The van der Waals surface area contributed by atoms with Crippen LogP contribution in [-0.4, -0.2) is 58.1 Å². The van der Waals surface area contributed by atoms with Crippen LogP contribution in [-0.2, 0) is 11.2 Å². The Balaban J connectivity index is 1.43. The number of aliphatic hydroxyl groups is 4. The van der Waals surface area contributed by atoms with Crippen molar-refractivity contribution in [1.82, 2.24) is 0 Å². The largest absolute Gasteiger partial charge is 0.490 e. The molecular formula is C25H29ClO6. The van der Waals surface area contributed by atoms with E-state index in [-0.39, 0.29) is 0 Å². The predicted octanol–water partition coefficient (Wildman–Crippen LogP) is 2.79. The van der Waals surface area contributed by atoms with Crippen LogP contribution < -0.4 is 4.74 Å². The van der Waals surface area contributed by atoms with Gasteiger partial charge in [0.2, 0.25) is 0 Å². The molecule has 4 rings (SSSR count). The van der Waals surface area contributed by atoms with E-state index >= 15 is 0 Å². The van der Waals surface area contributed by atoms with Gasteiger partial charge in [-0.3, -0.25) is 0 Å². The van der Waals surface area contributed by atoms with Crippen molar-refractivity contribution in [2.75, 3.05) is 13.2 Å². The maximum absolute atomic E-state index is 10.4. The summed E-state index contributed by atoms with van der Waals surface area (Å²) in [6.45, 7) is 0.0928. The van der Waals surface area contributed by atoms with Gasteiger partial charge in [-0.25, -0.2) is 0 Å². The van der Waals surface area contributed by atoms with Gasteiger partial charge in [-0.1, -0.05) is 48.0 Å². The molecule has 1 aliphatic carbocycles. The molecule has 0 spiro atoms. The fourth-order valence-electron chi connectivity index (χ4n) is 3.89. The van der Waals surface area contributed by atoms with E-state index in [1.54, 1.807) is 12.1 Å². The lowest BCUT2D eigenvalue weighted by molar-refractivity contribution is -0.231. The minimum Gasteiger partial charge on any atom is -0.490 e. The lowest BCUT2D eigenvalue weighted by atomic mass is 9.90. The maximum Gasteiger partial charge on any atom is 0.119 e. The third kappa shape index (κ3) is 5.52. The van der Waals surface area contributed by atoms with Gasteiger partial charge in [0, 0.05) is 5.02 Å². The average Bonchev–Trinajstić information content (AvgIpc) is 3.63. The number of hydrogen-bond acceptors (Lipinski definition) is 6. The minimum absolute atomic E-state index is 0.466. The Kier molecular flexibility index (Phi) is 7.51. The van der Waals surface area contributed by atoms with Gasteiger partial charge >= 0.3 is 0 Å². The zero-order valence-corrected chi connectivity index (χ0v) is 18.4. The molecule has 0 amide bonds. The van der Waals surface area contributed by atoms with Crippen molar-refractivity contribution in [3.8, 4) is 5.75 Å². The van der Waals surface area contributed by atoms with Crippen LogP contribution in [0.25, 0.3) is 0 Å². The first-order valence-corrected chi connectivity index (χ1v) is 11.3. The van der Waals surface area contributed by atoms with Gasteiger partial charge in [-0.2, -0.15) is 0 Å². The van der Waals surface area contributed by atoms with Crippen molar-refractivity contribution in [2.24, 2.45) is 5.92 Å². The van der Waals surface area contributed by atoms with Crippen LogP contribution >= 0.6 is 11.6 Å². The summed E-state index contributed by atoms with van der Waals surface area (Å²) in [5.74, 6) is 1.54. The van der Waals surface area contributed by atoms with Crippen molar-refractivity contribution < 1.29 is 29.9 Å². The van der Waals surface area contributed by atoms with Gasteiger partial charge in [-0.05, 0) is 60.1 Å². The molecule has 7 heteroatoms. The summed E-state index contributed by atoms with van der Waals surface area (Å²) in [6, 6.07) is 13.1. The molecule has 2 aromatic carbocycles. The van der Waals surface area contributed by atoms with Crippen molar-refractivity contribution in [3.05, 3.63) is 76.3 Å². The van der Waals surface area contributed by atoms with Gasteiger partial charge in [0.05, 0.1) is 6.61 Å². The summed E-state index contributed by atoms with van der Waals surface area (Å²) >= 11 is 6.41. The van der Waals surface area contributed by atoms with E-state index < -0.39 is 37.1 Å². The van der Waals surface area contributed by atoms with E-state index in [1.165, 1.54) is 12.8 Å². The van der Waals surface area contributed by atoms with Crippen molar-refractivity contribution in [3.63, 3.8) is 0 Å². The summed E-state index contributed by atoms with van der Waals surface area (Å²) in [4.78, 5) is 0. The number of allylic oxidation sites excluding steroid dienone is 1. The second-order valence-electron chi connectivity index (χ2n) is 8.50. The molecular weight excluding hydrogens is 432 g/mol. The number of benzene rings is 2. The number of aliphatic hydroxyl groups excluding tert-OH is 4. The van der Waals surface area contributed by atoms with E-state index in [4.69, 9.17) is 21.1 Å². The van der Waals surface area contributed by atoms with E-state index in [0.29, 0.717) is 23.6 Å². The SMILES string of the molecule is OC[C@H]1O[C@@H](c2ccc(Cl)c(Cc3ccc(OC/C=C/C4CC4)cc3)c2)[C@H](O)[C@@H](O)[C@@H]1O. The lowest BCUT2D eigenvalue weighted by Crippen LogP contribution is -2.55. The maximum atomic E-state index is 10.4. The van der Waals surface area contributed by atoms with Crippen LogP contribution in [0.15, 0.2) is 54.6 Å². The first-order chi connectivity index (χ1) is 15.5. The highest BCUT2D eigenvalue weighted by molar-refractivity contribution is 6.31. The molecule has 1 saturated carbocycles. The van der Waals surface area contributed by atoms with Crippen molar-refractivity contribution in [2.45, 2.75) is 49.8 Å². The third-order valence-electron chi connectivity index (χ3n) is 5.98. The molecule has 2 aromatic rings. The standard InChI is InChI=1S/C25H29ClO6/c26-20-10-7-17(25-24(30)23(29)22(28)21(14-27)32-25)13-18(20)12-16-5-8-19(9-6-16)31-11-1-2-15-3-4-15/h1-2,5-10,13,15,21-25,27-30H,3-4,11-12,14H2/b2-1+/t21-,22-,23+,24-,25+/m1/s1. The zero-order valence-electron chi connectivity index (χ0n) is 17.7. The Morgan fingerprint density at radius 2 is 1.75 bits per heavy atom. The summed E-state index contributed by atoms with van der Waals surface area (Å²) in [6.07, 6.45) is 1.43. The lowest BCUT2D eigenvalue weighted by Gasteiger charge is -2.40. The molecule has 172 valence electrons. The number of rotatable bonds is 8. The summed E-state index contributed by atoms with van der Waals surface area (Å²) < 4.78 is 11.4. The quantitative estimate of drug-likeness (QED) is 0.452. The minimum atomic E-state index is -1.42. The molecule has 0 aromatic heterocycles. The van der Waals surface area contributed by atoms with Crippen LogP contribution in [0.2, 0.25) is 5.02 Å². The number of halogens is 1. The summed E-state index contributed by atoms with van der Waals surface area (Å²) in [7, 11) is 0. The Labute approximate surface area is 192 Å². The van der Waals surface area contributed by atoms with E-state index in [2.05, 4.69) is 12.2 Å². The molecule has 1 aliphatic heterocycles. The van der Waals surface area contributed by atoms with Gasteiger partial charge in [0.25, 0.3) is 0 Å². The molecule has 1 saturated heterocycles. The van der Waals surface area contributed by atoms with Gasteiger partial charge < -0.3 is 29.9 Å². The molecule has 0 unspecified atom stereocenters. The van der Waals surface area contributed by atoms with Gasteiger partial charge in [0.1, 0.15) is 42.9 Å². The zero-order chi connectivity index (χ0) is 22.7. The predicted molar refractivity (Wildman–Crippen MR) is 121 cm³/mol. The first kappa shape index (κ1) is 23.2. The van der Waals surface area contributed by atoms with Crippen LogP contribution in [0.5, 0.6) is 5.75 Å².